The van der Waals surface area contributed by atoms with Gasteiger partial charge < -0.3 is 15.3 Å². The van der Waals surface area contributed by atoms with Crippen LogP contribution in [-0.2, 0) is 0 Å². The van der Waals surface area contributed by atoms with Crippen LogP contribution in [0.4, 0.5) is 0 Å². The predicted octanol–water partition coefficient (Wildman–Crippen LogP) is 0.483. The Morgan fingerprint density at radius 3 is 2.44 bits per heavy atom. The lowest BCUT2D eigenvalue weighted by Gasteiger charge is -1.97. The summed E-state index contributed by atoms with van der Waals surface area (Å²) in [4.78, 5) is 10.6. The summed E-state index contributed by atoms with van der Waals surface area (Å²) in [7, 11) is 0. The number of carbonyl (C=O) groups is 1. The van der Waals surface area contributed by atoms with Crippen molar-refractivity contribution in [1.82, 2.24) is 0 Å². The summed E-state index contributed by atoms with van der Waals surface area (Å²) in [6.45, 7) is -0.321. The fourth-order valence-electron chi connectivity index (χ4n) is 1.08. The third-order valence-electron chi connectivity index (χ3n) is 2.04. The van der Waals surface area contributed by atoms with Crippen molar-refractivity contribution in [3.05, 3.63) is 35.4 Å². The van der Waals surface area contributed by atoms with Crippen LogP contribution in [0.1, 0.15) is 22.3 Å². The van der Waals surface area contributed by atoms with Crippen LogP contribution in [0.2, 0.25) is 0 Å². The van der Waals surface area contributed by atoms with Gasteiger partial charge in [0.15, 0.2) is 0 Å². The summed E-state index contributed by atoms with van der Waals surface area (Å²) in [5.41, 5.74) is 0.870. The molecule has 4 heteroatoms. The molecule has 1 aromatic carbocycles. The molecule has 0 aliphatic rings. The van der Waals surface area contributed by atoms with Gasteiger partial charge in [0.2, 0.25) is 0 Å². The number of benzene rings is 1. The third kappa shape index (κ3) is 4.71. The molecule has 92 valence electrons. The van der Waals surface area contributed by atoms with Crippen LogP contribution in [0.15, 0.2) is 24.3 Å². The van der Waals surface area contributed by atoms with E-state index in [1.54, 1.807) is 12.1 Å². The van der Waals surface area contributed by atoms with Gasteiger partial charge in [0.1, 0.15) is 0 Å². The normalized spacial score (nSPS) is 10.6. The molecule has 1 aromatic rings. The second-order valence-electron chi connectivity index (χ2n) is 3.47. The molecule has 3 N–H and O–H groups in total. The fourth-order valence-corrected chi connectivity index (χ4v) is 1.08. The van der Waals surface area contributed by atoms with Crippen LogP contribution < -0.4 is 0 Å². The number of rotatable bonds is 3. The van der Waals surface area contributed by atoms with E-state index in [4.69, 9.17) is 15.3 Å². The zero-order valence-electron chi connectivity index (χ0n) is 9.55. The SMILES string of the molecule is O=C(O)c1ccc(C#CC#CCC(O)CO)cc1. The lowest BCUT2D eigenvalue weighted by atomic mass is 10.1. The van der Waals surface area contributed by atoms with Gasteiger partial charge in [-0.05, 0) is 36.1 Å². The quantitative estimate of drug-likeness (QED) is 0.676. The summed E-state index contributed by atoms with van der Waals surface area (Å²) in [6, 6.07) is 6.13. The number of carboxylic acids is 1. The topological polar surface area (TPSA) is 77.8 Å². The molecule has 0 heterocycles. The van der Waals surface area contributed by atoms with E-state index in [9.17, 15) is 4.79 Å². The molecule has 0 fully saturated rings. The Morgan fingerprint density at radius 2 is 1.89 bits per heavy atom. The first-order valence-electron chi connectivity index (χ1n) is 5.24. The minimum absolute atomic E-state index is 0.170. The number of aromatic carboxylic acids is 1. The van der Waals surface area contributed by atoms with Crippen LogP contribution >= 0.6 is 0 Å². The van der Waals surface area contributed by atoms with Crippen molar-refractivity contribution < 1.29 is 20.1 Å². The van der Waals surface area contributed by atoms with E-state index in [-0.39, 0.29) is 18.6 Å². The third-order valence-corrected chi connectivity index (χ3v) is 2.04. The minimum Gasteiger partial charge on any atom is -0.478 e. The molecule has 0 amide bonds. The van der Waals surface area contributed by atoms with Gasteiger partial charge in [0.05, 0.1) is 18.3 Å². The summed E-state index contributed by atoms with van der Waals surface area (Å²) in [6.07, 6.45) is -0.669. The van der Waals surface area contributed by atoms with E-state index >= 15 is 0 Å². The highest BCUT2D eigenvalue weighted by atomic mass is 16.4. The van der Waals surface area contributed by atoms with Crippen LogP contribution in [0.5, 0.6) is 0 Å². The molecule has 18 heavy (non-hydrogen) atoms. The average molecular weight is 244 g/mol. The van der Waals surface area contributed by atoms with Crippen molar-refractivity contribution in [3.8, 4) is 23.7 Å². The van der Waals surface area contributed by atoms with Gasteiger partial charge in [-0.2, -0.15) is 0 Å². The van der Waals surface area contributed by atoms with E-state index in [1.165, 1.54) is 12.1 Å². The summed E-state index contributed by atoms with van der Waals surface area (Å²) in [5.74, 6) is 9.49. The molecule has 1 unspecified atom stereocenters. The van der Waals surface area contributed by atoms with E-state index in [2.05, 4.69) is 23.7 Å². The molecule has 0 aliphatic carbocycles. The van der Waals surface area contributed by atoms with Crippen molar-refractivity contribution in [3.63, 3.8) is 0 Å². The molecular formula is C14H12O4. The zero-order chi connectivity index (χ0) is 13.4. The lowest BCUT2D eigenvalue weighted by molar-refractivity contribution is 0.0697. The highest BCUT2D eigenvalue weighted by Crippen LogP contribution is 2.02. The van der Waals surface area contributed by atoms with Gasteiger partial charge in [0.25, 0.3) is 0 Å². The van der Waals surface area contributed by atoms with Gasteiger partial charge in [-0.3, -0.25) is 0 Å². The van der Waals surface area contributed by atoms with Crippen LogP contribution in [0, 0.1) is 23.7 Å². The second kappa shape index (κ2) is 7.13. The molecule has 0 saturated heterocycles. The Hall–Kier alpha value is -2.27. The molecule has 0 aliphatic heterocycles. The van der Waals surface area contributed by atoms with Crippen molar-refractivity contribution in [1.29, 1.82) is 0 Å². The maximum atomic E-state index is 10.6. The number of hydrogen-bond acceptors (Lipinski definition) is 3. The first-order valence-corrected chi connectivity index (χ1v) is 5.24. The Balaban J connectivity index is 2.60. The van der Waals surface area contributed by atoms with E-state index in [0.717, 1.165) is 0 Å². The number of hydrogen-bond donors (Lipinski definition) is 3. The summed E-state index contributed by atoms with van der Waals surface area (Å²) in [5, 5.41) is 26.2. The Bertz CT molecular complexity index is 523. The highest BCUT2D eigenvalue weighted by molar-refractivity contribution is 5.87. The Labute approximate surface area is 105 Å². The monoisotopic (exact) mass is 244 g/mol. The molecule has 0 spiro atoms. The molecule has 1 atom stereocenters. The molecule has 0 radical (unpaired) electrons. The van der Waals surface area contributed by atoms with Crippen molar-refractivity contribution >= 4 is 5.97 Å². The smallest absolute Gasteiger partial charge is 0.335 e. The zero-order valence-corrected chi connectivity index (χ0v) is 9.55. The number of aliphatic hydroxyl groups is 2. The van der Waals surface area contributed by atoms with Gasteiger partial charge in [-0.15, -0.1) is 0 Å². The van der Waals surface area contributed by atoms with Gasteiger partial charge in [-0.1, -0.05) is 11.8 Å². The lowest BCUT2D eigenvalue weighted by Crippen LogP contribution is -2.09. The van der Waals surface area contributed by atoms with Crippen molar-refractivity contribution in [2.24, 2.45) is 0 Å². The van der Waals surface area contributed by atoms with Crippen LogP contribution in [-0.4, -0.2) is 34.0 Å². The van der Waals surface area contributed by atoms with Crippen molar-refractivity contribution in [2.45, 2.75) is 12.5 Å². The molecule has 4 nitrogen and oxygen atoms in total. The fraction of sp³-hybridized carbons (Fsp3) is 0.214. The van der Waals surface area contributed by atoms with E-state index in [0.29, 0.717) is 5.56 Å². The van der Waals surface area contributed by atoms with Crippen LogP contribution in [0.3, 0.4) is 0 Å². The van der Waals surface area contributed by atoms with E-state index < -0.39 is 12.1 Å². The van der Waals surface area contributed by atoms with Gasteiger partial charge in [-0.25, -0.2) is 4.79 Å². The molecule has 0 aromatic heterocycles. The van der Waals surface area contributed by atoms with E-state index in [1.807, 2.05) is 0 Å². The maximum Gasteiger partial charge on any atom is 0.335 e. The highest BCUT2D eigenvalue weighted by Gasteiger charge is 1.99. The van der Waals surface area contributed by atoms with Crippen molar-refractivity contribution in [2.75, 3.05) is 6.61 Å². The average Bonchev–Trinajstić information content (AvgIpc) is 2.38. The predicted molar refractivity (Wildman–Crippen MR) is 65.8 cm³/mol. The standard InChI is InChI=1S/C14H12O4/c15-10-13(16)5-3-1-2-4-11-6-8-12(9-7-11)14(17)18/h6-9,13,15-16H,5,10H2,(H,17,18). The second-order valence-corrected chi connectivity index (χ2v) is 3.47. The van der Waals surface area contributed by atoms with Crippen LogP contribution in [0.25, 0.3) is 0 Å². The Kier molecular flexibility index (Phi) is 5.47. The summed E-state index contributed by atoms with van der Waals surface area (Å²) < 4.78 is 0. The molecule has 0 saturated carbocycles. The minimum atomic E-state index is -0.979. The summed E-state index contributed by atoms with van der Waals surface area (Å²) >= 11 is 0. The van der Waals surface area contributed by atoms with Gasteiger partial charge in [0, 0.05) is 12.0 Å². The largest absolute Gasteiger partial charge is 0.478 e. The first-order chi connectivity index (χ1) is 8.63. The molecular weight excluding hydrogens is 232 g/mol. The van der Waals surface area contributed by atoms with Gasteiger partial charge >= 0.3 is 5.97 Å². The number of aliphatic hydroxyl groups excluding tert-OH is 2. The first kappa shape index (κ1) is 13.8. The maximum absolute atomic E-state index is 10.6. The molecule has 0 bridgehead atoms. The Morgan fingerprint density at radius 1 is 1.22 bits per heavy atom. The number of carboxylic acid groups (broad SMARTS) is 1. The molecule has 1 rings (SSSR count).